The molecule has 3 N–H and O–H groups in total. The van der Waals surface area contributed by atoms with Crippen LogP contribution < -0.4 is 11.1 Å². The van der Waals surface area contributed by atoms with Crippen LogP contribution in [0, 0.1) is 23.4 Å². The zero-order valence-corrected chi connectivity index (χ0v) is 19.2. The molecule has 2 heterocycles. The van der Waals surface area contributed by atoms with Crippen LogP contribution in [0.1, 0.15) is 17.5 Å². The van der Waals surface area contributed by atoms with E-state index >= 15 is 0 Å². The highest BCUT2D eigenvalue weighted by Gasteiger charge is 2.36. The van der Waals surface area contributed by atoms with Crippen molar-refractivity contribution in [2.75, 3.05) is 33.2 Å². The van der Waals surface area contributed by atoms with Crippen molar-refractivity contribution >= 4 is 11.6 Å². The summed E-state index contributed by atoms with van der Waals surface area (Å²) >= 11 is 0. The monoisotopic (exact) mass is 519 g/mol. The van der Waals surface area contributed by atoms with Crippen molar-refractivity contribution in [2.45, 2.75) is 25.1 Å². The smallest absolute Gasteiger partial charge is 0.386 e. The van der Waals surface area contributed by atoms with Crippen LogP contribution in [0.25, 0.3) is 5.70 Å². The predicted molar refractivity (Wildman–Crippen MR) is 117 cm³/mol. The van der Waals surface area contributed by atoms with Gasteiger partial charge >= 0.3 is 6.18 Å². The summed E-state index contributed by atoms with van der Waals surface area (Å²) in [6.07, 6.45) is -3.92. The molecule has 1 saturated heterocycles. The van der Waals surface area contributed by atoms with Gasteiger partial charge in [0.25, 0.3) is 0 Å². The van der Waals surface area contributed by atoms with Crippen LogP contribution in [0.2, 0.25) is 0 Å². The van der Waals surface area contributed by atoms with Crippen molar-refractivity contribution in [2.24, 2.45) is 5.73 Å². The molecule has 1 unspecified atom stereocenters. The van der Waals surface area contributed by atoms with Crippen LogP contribution in [0.4, 0.5) is 30.7 Å². The number of halogens is 7. The van der Waals surface area contributed by atoms with E-state index in [1.54, 1.807) is 0 Å². The van der Waals surface area contributed by atoms with E-state index < -0.39 is 48.1 Å². The molecule has 196 valence electrons. The van der Waals surface area contributed by atoms with Gasteiger partial charge in [-0.2, -0.15) is 17.6 Å². The molecule has 0 bridgehead atoms. The average molecular weight is 519 g/mol. The molecule has 2 aromatic rings. The van der Waals surface area contributed by atoms with Gasteiger partial charge in [0.05, 0.1) is 17.9 Å². The molecule has 0 spiro atoms. The van der Waals surface area contributed by atoms with Crippen LogP contribution in [-0.4, -0.2) is 66.1 Å². The number of benzene rings is 1. The molecule has 1 aromatic carbocycles. The van der Waals surface area contributed by atoms with Gasteiger partial charge in [0.1, 0.15) is 12.4 Å². The maximum atomic E-state index is 13.9. The average Bonchev–Trinajstić information content (AvgIpc) is 2.79. The zero-order valence-electron chi connectivity index (χ0n) is 19.2. The highest BCUT2D eigenvalue weighted by atomic mass is 19.4. The summed E-state index contributed by atoms with van der Waals surface area (Å²) in [4.78, 5) is 18.8. The Morgan fingerprint density at radius 3 is 2.42 bits per heavy atom. The molecule has 1 amide bonds. The Kier molecular flexibility index (Phi) is 8.43. The normalized spacial score (nSPS) is 16.7. The number of alkyl halides is 3. The third kappa shape index (κ3) is 6.86. The molecule has 1 aliphatic heterocycles. The van der Waals surface area contributed by atoms with Crippen LogP contribution in [-0.2, 0) is 11.2 Å². The van der Waals surface area contributed by atoms with Gasteiger partial charge in [0, 0.05) is 50.4 Å². The summed E-state index contributed by atoms with van der Waals surface area (Å²) in [6.45, 7) is -1.66. The van der Waals surface area contributed by atoms with Crippen LogP contribution >= 0.6 is 0 Å². The number of aromatic nitrogens is 1. The fraction of sp³-hybridized carbons (Fsp3) is 0.391. The molecule has 0 aliphatic carbocycles. The van der Waals surface area contributed by atoms with Gasteiger partial charge in [-0.1, -0.05) is 0 Å². The zero-order chi connectivity index (χ0) is 26.6. The highest BCUT2D eigenvalue weighted by Crippen LogP contribution is 2.27. The number of amides is 1. The number of carbonyl (C=O) groups is 1. The third-order valence-corrected chi connectivity index (χ3v) is 5.65. The van der Waals surface area contributed by atoms with E-state index in [0.717, 1.165) is 17.2 Å². The molecule has 6 nitrogen and oxygen atoms in total. The fourth-order valence-corrected chi connectivity index (χ4v) is 3.98. The molecule has 1 fully saturated rings. The van der Waals surface area contributed by atoms with Gasteiger partial charge in [-0.05, 0) is 30.2 Å². The van der Waals surface area contributed by atoms with Gasteiger partial charge < -0.3 is 20.9 Å². The molecular weight excluding hydrogens is 495 g/mol. The molecule has 0 radical (unpaired) electrons. The topological polar surface area (TPSA) is 74.5 Å². The minimum Gasteiger partial charge on any atom is -0.386 e. The molecule has 1 atom stereocenters. The summed E-state index contributed by atoms with van der Waals surface area (Å²) in [5, 5.41) is 2.81. The van der Waals surface area contributed by atoms with Crippen molar-refractivity contribution in [1.82, 2.24) is 20.1 Å². The van der Waals surface area contributed by atoms with Crippen molar-refractivity contribution in [1.29, 1.82) is 0 Å². The molecule has 1 aromatic heterocycles. The maximum absolute atomic E-state index is 13.9. The van der Waals surface area contributed by atoms with E-state index in [4.69, 9.17) is 5.73 Å². The number of carbonyl (C=O) groups excluding carboxylic acids is 1. The summed E-state index contributed by atoms with van der Waals surface area (Å²) in [5.41, 5.74) is 6.44. The van der Waals surface area contributed by atoms with Crippen molar-refractivity contribution < 1.29 is 35.5 Å². The summed E-state index contributed by atoms with van der Waals surface area (Å²) in [6, 6.07) is 2.51. The van der Waals surface area contributed by atoms with Crippen LogP contribution in [0.3, 0.4) is 0 Å². The second-order valence-electron chi connectivity index (χ2n) is 8.32. The van der Waals surface area contributed by atoms with E-state index in [0.29, 0.717) is 17.7 Å². The second kappa shape index (κ2) is 11.1. The summed E-state index contributed by atoms with van der Waals surface area (Å²) in [5.74, 6) is -4.89. The van der Waals surface area contributed by atoms with Gasteiger partial charge in [0.2, 0.25) is 11.9 Å². The molecular formula is C23H24F7N5O. The summed E-state index contributed by atoms with van der Waals surface area (Å²) in [7, 11) is 1.48. The first-order valence-corrected chi connectivity index (χ1v) is 10.9. The Balaban J connectivity index is 1.80. The Labute approximate surface area is 202 Å². The lowest BCUT2D eigenvalue weighted by atomic mass is 10.0. The number of rotatable bonds is 7. The van der Waals surface area contributed by atoms with E-state index in [-0.39, 0.29) is 49.4 Å². The minimum atomic E-state index is -4.52. The van der Waals surface area contributed by atoms with Crippen LogP contribution in [0.15, 0.2) is 36.2 Å². The third-order valence-electron chi connectivity index (χ3n) is 5.65. The minimum absolute atomic E-state index is 0.0384. The largest absolute Gasteiger partial charge is 0.405 e. The van der Waals surface area contributed by atoms with Crippen molar-refractivity contribution in [3.8, 4) is 0 Å². The van der Waals surface area contributed by atoms with Gasteiger partial charge in [-0.15, -0.1) is 0 Å². The number of piperazine rings is 1. The van der Waals surface area contributed by atoms with Crippen molar-refractivity contribution in [3.05, 3.63) is 70.7 Å². The molecule has 0 saturated carbocycles. The first kappa shape index (κ1) is 27.2. The van der Waals surface area contributed by atoms with E-state index in [1.807, 2.05) is 0 Å². The second-order valence-corrected chi connectivity index (χ2v) is 8.32. The quantitative estimate of drug-likeness (QED) is 0.334. The molecule has 13 heteroatoms. The summed E-state index contributed by atoms with van der Waals surface area (Å²) < 4.78 is 93.5. The number of hydrogen-bond acceptors (Lipinski definition) is 5. The number of nitrogens with one attached hydrogen (secondary N) is 1. The Bertz CT molecular complexity index is 1120. The van der Waals surface area contributed by atoms with Gasteiger partial charge in [-0.25, -0.2) is 18.2 Å². The lowest BCUT2D eigenvalue weighted by molar-refractivity contribution is -0.146. The van der Waals surface area contributed by atoms with E-state index in [9.17, 15) is 35.5 Å². The Morgan fingerprint density at radius 2 is 1.81 bits per heavy atom. The molecule has 3 rings (SSSR count). The Hall–Kier alpha value is -3.35. The van der Waals surface area contributed by atoms with E-state index in [1.165, 1.54) is 18.0 Å². The molecule has 1 aliphatic rings. The van der Waals surface area contributed by atoms with Crippen molar-refractivity contribution in [3.63, 3.8) is 0 Å². The SMILES string of the molecule is CN/C(=C1/CN(C(=O)CC(N)Cc2cc(F)c(F)cc2F)CCN1CC(F)(F)F)c1ccc(F)nc1. The first-order valence-electron chi connectivity index (χ1n) is 10.9. The number of nitrogens with zero attached hydrogens (tertiary/aromatic N) is 3. The number of nitrogens with two attached hydrogens (primary N) is 1. The van der Waals surface area contributed by atoms with Crippen LogP contribution in [0.5, 0.6) is 0 Å². The Morgan fingerprint density at radius 1 is 1.11 bits per heavy atom. The first-order chi connectivity index (χ1) is 16.9. The lowest BCUT2D eigenvalue weighted by Crippen LogP contribution is -2.51. The van der Waals surface area contributed by atoms with Gasteiger partial charge in [0.15, 0.2) is 11.6 Å². The predicted octanol–water partition coefficient (Wildman–Crippen LogP) is 3.19. The lowest BCUT2D eigenvalue weighted by Gasteiger charge is -2.40. The number of hydrogen-bond donors (Lipinski definition) is 2. The molecule has 36 heavy (non-hydrogen) atoms. The fourth-order valence-electron chi connectivity index (χ4n) is 3.98. The van der Waals surface area contributed by atoms with E-state index in [2.05, 4.69) is 10.3 Å². The maximum Gasteiger partial charge on any atom is 0.405 e. The standard InChI is InChI=1S/C23H24F7N5O/c1-32-22(13-2-3-20(27)33-10-13)19-11-34(4-5-35(19)12-23(28,29)30)21(36)8-15(31)6-14-7-17(25)18(26)9-16(14)24/h2-3,7,9-10,15,32H,4-6,8,11-12,31H2,1H3/b22-19-. The van der Waals surface area contributed by atoms with Gasteiger partial charge in [-0.3, -0.25) is 4.79 Å². The highest BCUT2D eigenvalue weighted by molar-refractivity contribution is 5.78. The number of pyridine rings is 1.